The van der Waals surface area contributed by atoms with Crippen molar-refractivity contribution in [2.75, 3.05) is 5.73 Å². The molecule has 19 heavy (non-hydrogen) atoms. The lowest BCUT2D eigenvalue weighted by molar-refractivity contribution is 0.0940. The molecule has 3 rings (SSSR count). The molecule has 96 valence electrons. The van der Waals surface area contributed by atoms with Gasteiger partial charge >= 0.3 is 0 Å². The van der Waals surface area contributed by atoms with Crippen molar-refractivity contribution < 1.29 is 4.79 Å². The lowest BCUT2D eigenvalue weighted by Crippen LogP contribution is -2.25. The molecule has 0 aliphatic rings. The predicted molar refractivity (Wildman–Crippen MR) is 65.0 cm³/mol. The van der Waals surface area contributed by atoms with Gasteiger partial charge in [-0.25, -0.2) is 0 Å². The molecule has 4 N–H and O–H groups in total. The van der Waals surface area contributed by atoms with Crippen LogP contribution in [0.25, 0.3) is 5.65 Å². The third-order valence-corrected chi connectivity index (χ3v) is 2.51. The maximum absolute atomic E-state index is 11.7. The number of amides is 1. The topological polar surface area (TPSA) is 127 Å². The van der Waals surface area contributed by atoms with E-state index in [1.807, 2.05) is 24.4 Å². The Morgan fingerprint density at radius 3 is 3.11 bits per heavy atom. The summed E-state index contributed by atoms with van der Waals surface area (Å²) in [6.45, 7) is 0.227. The van der Waals surface area contributed by atoms with E-state index in [0.717, 1.165) is 5.65 Å². The van der Waals surface area contributed by atoms with Crippen LogP contribution in [0, 0.1) is 0 Å². The second kappa shape index (κ2) is 4.37. The molecule has 0 aliphatic carbocycles. The highest BCUT2D eigenvalue weighted by atomic mass is 16.2. The third-order valence-electron chi connectivity index (χ3n) is 2.51. The van der Waals surface area contributed by atoms with Crippen LogP contribution in [-0.4, -0.2) is 35.7 Å². The zero-order valence-corrected chi connectivity index (χ0v) is 9.74. The molecular formula is C10H10N8O. The zero-order valence-electron chi connectivity index (χ0n) is 9.74. The van der Waals surface area contributed by atoms with Gasteiger partial charge in [-0.3, -0.25) is 14.3 Å². The number of nitrogens with one attached hydrogen (secondary N) is 2. The molecule has 3 heterocycles. The maximum Gasteiger partial charge on any atom is 0.289 e. The molecule has 9 nitrogen and oxygen atoms in total. The van der Waals surface area contributed by atoms with E-state index in [9.17, 15) is 4.79 Å². The average Bonchev–Trinajstić information content (AvgIpc) is 3.02. The molecule has 3 aromatic heterocycles. The Morgan fingerprint density at radius 2 is 2.32 bits per heavy atom. The first-order valence-electron chi connectivity index (χ1n) is 5.49. The number of nitrogens with two attached hydrogens (primary N) is 1. The van der Waals surface area contributed by atoms with E-state index in [4.69, 9.17) is 5.73 Å². The second-order valence-corrected chi connectivity index (χ2v) is 3.77. The number of aromatic nitrogens is 6. The van der Waals surface area contributed by atoms with Crippen LogP contribution in [0.15, 0.2) is 24.4 Å². The Kier molecular flexibility index (Phi) is 2.56. The fourth-order valence-corrected chi connectivity index (χ4v) is 1.63. The quantitative estimate of drug-likeness (QED) is 0.573. The van der Waals surface area contributed by atoms with Crippen LogP contribution in [0.1, 0.15) is 16.4 Å². The summed E-state index contributed by atoms with van der Waals surface area (Å²) in [6.07, 6.45) is 1.82. The Hall–Kier alpha value is -2.97. The molecular weight excluding hydrogens is 248 g/mol. The largest absolute Gasteiger partial charge is 0.366 e. The van der Waals surface area contributed by atoms with Gasteiger partial charge in [-0.2, -0.15) is 4.98 Å². The number of hydrogen-bond acceptors (Lipinski definition) is 6. The molecule has 0 fully saturated rings. The van der Waals surface area contributed by atoms with Crippen molar-refractivity contribution >= 4 is 17.5 Å². The van der Waals surface area contributed by atoms with Gasteiger partial charge in [-0.15, -0.1) is 15.3 Å². The number of nitrogen functional groups attached to an aromatic ring is 1. The first-order chi connectivity index (χ1) is 9.24. The number of hydrogen-bond donors (Lipinski definition) is 3. The molecule has 0 aliphatic heterocycles. The van der Waals surface area contributed by atoms with Gasteiger partial charge in [0.05, 0.1) is 6.54 Å². The van der Waals surface area contributed by atoms with Gasteiger partial charge in [0.2, 0.25) is 11.8 Å². The van der Waals surface area contributed by atoms with E-state index in [1.54, 1.807) is 4.40 Å². The summed E-state index contributed by atoms with van der Waals surface area (Å²) in [5.74, 6) is 0.303. The Bertz CT molecular complexity index is 730. The SMILES string of the molecule is Nc1n[nH]c(C(=O)NCc2nnc3ccccn23)n1. The van der Waals surface area contributed by atoms with Crippen LogP contribution in [0.3, 0.4) is 0 Å². The third kappa shape index (κ3) is 2.08. The summed E-state index contributed by atoms with van der Waals surface area (Å²) >= 11 is 0. The number of pyridine rings is 1. The van der Waals surface area contributed by atoms with E-state index in [-0.39, 0.29) is 18.3 Å². The molecule has 0 spiro atoms. The van der Waals surface area contributed by atoms with Crippen molar-refractivity contribution in [2.45, 2.75) is 6.54 Å². The molecule has 0 radical (unpaired) electrons. The van der Waals surface area contributed by atoms with Gasteiger partial charge in [0.25, 0.3) is 5.91 Å². The monoisotopic (exact) mass is 258 g/mol. The Balaban J connectivity index is 1.74. The first-order valence-corrected chi connectivity index (χ1v) is 5.49. The fourth-order valence-electron chi connectivity index (χ4n) is 1.63. The minimum Gasteiger partial charge on any atom is -0.366 e. The van der Waals surface area contributed by atoms with Crippen LogP contribution < -0.4 is 11.1 Å². The molecule has 3 aromatic rings. The predicted octanol–water partition coefficient (Wildman–Crippen LogP) is -0.640. The number of carbonyl (C=O) groups excluding carboxylic acids is 1. The second-order valence-electron chi connectivity index (χ2n) is 3.77. The van der Waals surface area contributed by atoms with E-state index in [0.29, 0.717) is 5.82 Å². The number of fused-ring (bicyclic) bond motifs is 1. The number of H-pyrrole nitrogens is 1. The van der Waals surface area contributed by atoms with Gasteiger partial charge in [0.15, 0.2) is 11.5 Å². The molecule has 0 saturated heterocycles. The van der Waals surface area contributed by atoms with Crippen LogP contribution in [0.2, 0.25) is 0 Å². The number of rotatable bonds is 3. The Labute approximate surface area is 106 Å². The van der Waals surface area contributed by atoms with Crippen molar-refractivity contribution in [1.29, 1.82) is 0 Å². The number of nitrogens with zero attached hydrogens (tertiary/aromatic N) is 5. The minimum absolute atomic E-state index is 0.0260. The average molecular weight is 258 g/mol. The normalized spacial score (nSPS) is 10.7. The zero-order chi connectivity index (χ0) is 13.2. The fraction of sp³-hybridized carbons (Fsp3) is 0.100. The molecule has 0 aromatic carbocycles. The Morgan fingerprint density at radius 1 is 1.42 bits per heavy atom. The van der Waals surface area contributed by atoms with Crippen molar-refractivity contribution in [3.63, 3.8) is 0 Å². The van der Waals surface area contributed by atoms with E-state index >= 15 is 0 Å². The highest BCUT2D eigenvalue weighted by Crippen LogP contribution is 2.02. The van der Waals surface area contributed by atoms with Crippen LogP contribution >= 0.6 is 0 Å². The molecule has 0 unspecified atom stereocenters. The molecule has 0 atom stereocenters. The summed E-state index contributed by atoms with van der Waals surface area (Å²) in [5.41, 5.74) is 6.04. The molecule has 0 saturated carbocycles. The maximum atomic E-state index is 11.7. The van der Waals surface area contributed by atoms with Crippen molar-refractivity contribution in [2.24, 2.45) is 0 Å². The summed E-state index contributed by atoms with van der Waals surface area (Å²) in [6, 6.07) is 5.55. The van der Waals surface area contributed by atoms with Gasteiger partial charge in [0.1, 0.15) is 0 Å². The van der Waals surface area contributed by atoms with Crippen molar-refractivity contribution in [3.8, 4) is 0 Å². The van der Waals surface area contributed by atoms with Gasteiger partial charge in [0, 0.05) is 6.20 Å². The summed E-state index contributed by atoms with van der Waals surface area (Å²) in [4.78, 5) is 15.5. The minimum atomic E-state index is -0.406. The first kappa shape index (κ1) is 11.1. The molecule has 1 amide bonds. The van der Waals surface area contributed by atoms with Crippen LogP contribution in [0.4, 0.5) is 5.95 Å². The number of anilines is 1. The van der Waals surface area contributed by atoms with Gasteiger partial charge in [-0.1, -0.05) is 6.07 Å². The van der Waals surface area contributed by atoms with E-state index in [2.05, 4.69) is 30.7 Å². The number of aromatic amines is 1. The van der Waals surface area contributed by atoms with Crippen LogP contribution in [0.5, 0.6) is 0 Å². The standard InChI is InChI=1S/C10H10N8O/c11-10-13-8(16-17-10)9(19)12-5-7-15-14-6-3-1-2-4-18(6)7/h1-4H,5H2,(H,12,19)(H3,11,13,16,17). The molecule has 0 bridgehead atoms. The van der Waals surface area contributed by atoms with Gasteiger partial charge < -0.3 is 11.1 Å². The summed E-state index contributed by atoms with van der Waals surface area (Å²) in [5, 5.41) is 16.6. The van der Waals surface area contributed by atoms with Crippen molar-refractivity contribution in [1.82, 2.24) is 35.1 Å². The van der Waals surface area contributed by atoms with Crippen LogP contribution in [-0.2, 0) is 6.54 Å². The van der Waals surface area contributed by atoms with Crippen molar-refractivity contribution in [3.05, 3.63) is 36.0 Å². The van der Waals surface area contributed by atoms with E-state index in [1.165, 1.54) is 0 Å². The van der Waals surface area contributed by atoms with E-state index < -0.39 is 5.91 Å². The lowest BCUT2D eigenvalue weighted by Gasteiger charge is -2.01. The number of carbonyl (C=O) groups is 1. The smallest absolute Gasteiger partial charge is 0.289 e. The highest BCUT2D eigenvalue weighted by molar-refractivity contribution is 5.90. The highest BCUT2D eigenvalue weighted by Gasteiger charge is 2.12. The lowest BCUT2D eigenvalue weighted by atomic mass is 10.4. The van der Waals surface area contributed by atoms with Gasteiger partial charge in [-0.05, 0) is 12.1 Å². The summed E-state index contributed by atoms with van der Waals surface area (Å²) < 4.78 is 1.79. The molecule has 9 heteroatoms. The summed E-state index contributed by atoms with van der Waals surface area (Å²) in [7, 11) is 0.